The molecule has 0 amide bonds. The molecule has 0 aliphatic carbocycles. The molecule has 0 N–H and O–H groups in total. The van der Waals surface area contributed by atoms with Crippen molar-refractivity contribution in [1.29, 1.82) is 5.26 Å². The summed E-state index contributed by atoms with van der Waals surface area (Å²) in [4.78, 5) is 0. The van der Waals surface area contributed by atoms with Crippen LogP contribution in [0.1, 0.15) is 16.7 Å². The predicted molar refractivity (Wildman–Crippen MR) is 80.7 cm³/mol. The van der Waals surface area contributed by atoms with E-state index in [1.807, 2.05) is 36.4 Å². The van der Waals surface area contributed by atoms with Gasteiger partial charge in [-0.3, -0.25) is 0 Å². The van der Waals surface area contributed by atoms with E-state index in [-0.39, 0.29) is 5.56 Å². The van der Waals surface area contributed by atoms with Crippen LogP contribution in [0.25, 0.3) is 5.69 Å². The minimum atomic E-state index is -0.471. The molecule has 1 heterocycles. The summed E-state index contributed by atoms with van der Waals surface area (Å²) in [5.74, 6) is 5.56. The zero-order valence-electron chi connectivity index (χ0n) is 11.5. The average Bonchev–Trinajstić information content (AvgIpc) is 3.02. The Morgan fingerprint density at radius 1 is 0.955 bits per heavy atom. The summed E-state index contributed by atoms with van der Waals surface area (Å²) in [6.45, 7) is 0. The molecule has 0 radical (unpaired) electrons. The van der Waals surface area contributed by atoms with Crippen molar-refractivity contribution < 1.29 is 4.39 Å². The largest absolute Gasteiger partial charge is 0.240 e. The van der Waals surface area contributed by atoms with Crippen LogP contribution >= 0.6 is 0 Å². The average molecular weight is 287 g/mol. The third-order valence-corrected chi connectivity index (χ3v) is 2.98. The van der Waals surface area contributed by atoms with Gasteiger partial charge >= 0.3 is 0 Å². The van der Waals surface area contributed by atoms with Crippen LogP contribution in [-0.2, 0) is 0 Å². The Morgan fingerprint density at radius 3 is 2.50 bits per heavy atom. The maximum absolute atomic E-state index is 13.5. The Morgan fingerprint density at radius 2 is 1.73 bits per heavy atom. The van der Waals surface area contributed by atoms with Crippen molar-refractivity contribution in [3.8, 4) is 23.6 Å². The molecule has 104 valence electrons. The van der Waals surface area contributed by atoms with Gasteiger partial charge in [-0.05, 0) is 30.3 Å². The lowest BCUT2D eigenvalue weighted by molar-refractivity contribution is 0.625. The molecule has 0 aliphatic rings. The van der Waals surface area contributed by atoms with Crippen molar-refractivity contribution in [2.45, 2.75) is 0 Å². The van der Waals surface area contributed by atoms with Crippen molar-refractivity contribution in [1.82, 2.24) is 9.78 Å². The smallest absolute Gasteiger partial charge is 0.126 e. The molecule has 0 saturated carbocycles. The number of nitriles is 1. The SMILES string of the molecule is N#Cc1cc(F)cc(-n2cc(C#Cc3ccccc3)cn2)c1. The van der Waals surface area contributed by atoms with Gasteiger partial charge in [-0.1, -0.05) is 30.0 Å². The van der Waals surface area contributed by atoms with E-state index in [2.05, 4.69) is 16.9 Å². The van der Waals surface area contributed by atoms with Gasteiger partial charge < -0.3 is 0 Å². The summed E-state index contributed by atoms with van der Waals surface area (Å²) in [7, 11) is 0. The summed E-state index contributed by atoms with van der Waals surface area (Å²) < 4.78 is 15.0. The molecule has 0 aliphatic heterocycles. The number of rotatable bonds is 1. The van der Waals surface area contributed by atoms with Gasteiger partial charge in [-0.2, -0.15) is 10.4 Å². The van der Waals surface area contributed by atoms with Crippen LogP contribution in [0.2, 0.25) is 0 Å². The van der Waals surface area contributed by atoms with Crippen LogP contribution in [0.4, 0.5) is 4.39 Å². The van der Waals surface area contributed by atoms with E-state index >= 15 is 0 Å². The fourth-order valence-electron chi connectivity index (χ4n) is 1.97. The highest BCUT2D eigenvalue weighted by atomic mass is 19.1. The Bertz CT molecular complexity index is 909. The third-order valence-electron chi connectivity index (χ3n) is 2.98. The fraction of sp³-hybridized carbons (Fsp3) is 0. The third kappa shape index (κ3) is 3.03. The van der Waals surface area contributed by atoms with Gasteiger partial charge in [0.05, 0.1) is 29.1 Å². The summed E-state index contributed by atoms with van der Waals surface area (Å²) in [6.07, 6.45) is 3.30. The minimum Gasteiger partial charge on any atom is -0.240 e. The van der Waals surface area contributed by atoms with Crippen molar-refractivity contribution in [3.05, 3.63) is 83.4 Å². The summed E-state index contributed by atoms with van der Waals surface area (Å²) >= 11 is 0. The van der Waals surface area contributed by atoms with Crippen molar-refractivity contribution >= 4 is 0 Å². The molecule has 0 saturated heterocycles. The van der Waals surface area contributed by atoms with Crippen molar-refractivity contribution in [2.75, 3.05) is 0 Å². The number of nitrogens with zero attached hydrogens (tertiary/aromatic N) is 3. The zero-order chi connectivity index (χ0) is 15.4. The molecule has 0 unspecified atom stereocenters. The molecule has 2 aromatic carbocycles. The number of aromatic nitrogens is 2. The summed E-state index contributed by atoms with van der Waals surface area (Å²) in [6, 6.07) is 15.6. The molecule has 0 atom stereocenters. The van der Waals surface area contributed by atoms with Crippen molar-refractivity contribution in [2.24, 2.45) is 0 Å². The summed E-state index contributed by atoms with van der Waals surface area (Å²) in [5, 5.41) is 13.0. The highest BCUT2D eigenvalue weighted by Gasteiger charge is 2.04. The maximum Gasteiger partial charge on any atom is 0.126 e. The first kappa shape index (κ1) is 13.6. The Labute approximate surface area is 127 Å². The lowest BCUT2D eigenvalue weighted by Gasteiger charge is -2.01. The molecule has 3 aromatic rings. The van der Waals surface area contributed by atoms with Gasteiger partial charge in [0.25, 0.3) is 0 Å². The lowest BCUT2D eigenvalue weighted by Crippen LogP contribution is -1.96. The highest BCUT2D eigenvalue weighted by Crippen LogP contribution is 2.13. The quantitative estimate of drug-likeness (QED) is 0.644. The topological polar surface area (TPSA) is 41.6 Å². The van der Waals surface area contributed by atoms with E-state index < -0.39 is 5.82 Å². The van der Waals surface area contributed by atoms with Crippen LogP contribution in [-0.4, -0.2) is 9.78 Å². The lowest BCUT2D eigenvalue weighted by atomic mass is 10.2. The van der Waals surface area contributed by atoms with E-state index in [4.69, 9.17) is 5.26 Å². The first-order valence-corrected chi connectivity index (χ1v) is 6.57. The fourth-order valence-corrected chi connectivity index (χ4v) is 1.97. The van der Waals surface area contributed by atoms with Crippen molar-refractivity contribution in [3.63, 3.8) is 0 Å². The van der Waals surface area contributed by atoms with Gasteiger partial charge in [0, 0.05) is 11.8 Å². The highest BCUT2D eigenvalue weighted by molar-refractivity contribution is 5.44. The molecule has 22 heavy (non-hydrogen) atoms. The first-order chi connectivity index (χ1) is 10.7. The summed E-state index contributed by atoms with van der Waals surface area (Å²) in [5.41, 5.74) is 2.37. The Kier molecular flexibility index (Phi) is 3.68. The molecular weight excluding hydrogens is 277 g/mol. The van der Waals surface area contributed by atoms with Gasteiger partial charge in [-0.15, -0.1) is 0 Å². The van der Waals surface area contributed by atoms with E-state index in [0.29, 0.717) is 11.3 Å². The van der Waals surface area contributed by atoms with E-state index in [1.165, 1.54) is 16.8 Å². The normalized spacial score (nSPS) is 9.64. The minimum absolute atomic E-state index is 0.252. The zero-order valence-corrected chi connectivity index (χ0v) is 11.5. The standard InChI is InChI=1S/C18H10FN3/c19-17-8-16(11-20)9-18(10-17)22-13-15(12-21-22)7-6-14-4-2-1-3-5-14/h1-5,8-10,12-13H. The van der Waals surface area contributed by atoms with Crippen LogP contribution < -0.4 is 0 Å². The second-order valence-electron chi connectivity index (χ2n) is 4.60. The first-order valence-electron chi connectivity index (χ1n) is 6.57. The monoisotopic (exact) mass is 287 g/mol. The molecular formula is C18H10FN3. The molecule has 0 bridgehead atoms. The molecule has 3 nitrogen and oxygen atoms in total. The maximum atomic E-state index is 13.5. The number of halogens is 1. The molecule has 0 spiro atoms. The molecule has 3 rings (SSSR count). The van der Waals surface area contributed by atoms with Gasteiger partial charge in [-0.25, -0.2) is 9.07 Å². The van der Waals surface area contributed by atoms with Crippen LogP contribution in [0.15, 0.2) is 60.9 Å². The molecule has 1 aromatic heterocycles. The van der Waals surface area contributed by atoms with E-state index in [0.717, 1.165) is 5.56 Å². The van der Waals surface area contributed by atoms with Gasteiger partial charge in [0.15, 0.2) is 0 Å². The van der Waals surface area contributed by atoms with Gasteiger partial charge in [0.2, 0.25) is 0 Å². The number of hydrogen-bond donors (Lipinski definition) is 0. The Balaban J connectivity index is 1.90. The van der Waals surface area contributed by atoms with Crippen LogP contribution in [0.5, 0.6) is 0 Å². The molecule has 4 heteroatoms. The number of hydrogen-bond acceptors (Lipinski definition) is 2. The number of benzene rings is 2. The molecule has 0 fully saturated rings. The predicted octanol–water partition coefficient (Wildman–Crippen LogP) is 3.28. The second-order valence-corrected chi connectivity index (χ2v) is 4.60. The Hall–Kier alpha value is -3.37. The van der Waals surface area contributed by atoms with Crippen LogP contribution in [0.3, 0.4) is 0 Å². The van der Waals surface area contributed by atoms with Gasteiger partial charge in [0.1, 0.15) is 5.82 Å². The van der Waals surface area contributed by atoms with Crippen LogP contribution in [0, 0.1) is 29.0 Å². The second kappa shape index (κ2) is 5.95. The van der Waals surface area contributed by atoms with E-state index in [1.54, 1.807) is 18.5 Å². The van der Waals surface area contributed by atoms with E-state index in [9.17, 15) is 4.39 Å².